The first-order chi connectivity index (χ1) is 4.81. The lowest BCUT2D eigenvalue weighted by Crippen LogP contribution is -2.47. The molecule has 0 radical (unpaired) electrons. The van der Waals surface area contributed by atoms with Gasteiger partial charge in [-0.2, -0.15) is 0 Å². The van der Waals surface area contributed by atoms with Crippen molar-refractivity contribution in [1.82, 2.24) is 4.90 Å². The highest BCUT2D eigenvalue weighted by Gasteiger charge is 2.44. The number of thioether (sulfide) groups is 1. The van der Waals surface area contributed by atoms with Crippen LogP contribution in [0.1, 0.15) is 6.42 Å². The lowest BCUT2D eigenvalue weighted by Gasteiger charge is -2.32. The van der Waals surface area contributed by atoms with Gasteiger partial charge in [0.15, 0.2) is 0 Å². The molecule has 4 heteroatoms. The molecule has 1 amide bonds. The highest BCUT2D eigenvalue weighted by Crippen LogP contribution is 2.39. The molecule has 0 aromatic carbocycles. The van der Waals surface area contributed by atoms with E-state index in [1.54, 1.807) is 0 Å². The van der Waals surface area contributed by atoms with Gasteiger partial charge in [-0.25, -0.2) is 0 Å². The molecule has 0 saturated carbocycles. The Kier molecular flexibility index (Phi) is 1.68. The number of halogens is 1. The first-order valence-electron chi connectivity index (χ1n) is 3.32. The summed E-state index contributed by atoms with van der Waals surface area (Å²) in [6.45, 7) is 0.958. The molecule has 2 atom stereocenters. The van der Waals surface area contributed by atoms with Gasteiger partial charge in [-0.05, 0) is 0 Å². The lowest BCUT2D eigenvalue weighted by molar-refractivity contribution is -0.140. The highest BCUT2D eigenvalue weighted by molar-refractivity contribution is 9.09. The second-order valence-corrected chi connectivity index (χ2v) is 4.75. The van der Waals surface area contributed by atoms with E-state index in [4.69, 9.17) is 0 Å². The van der Waals surface area contributed by atoms with E-state index >= 15 is 0 Å². The van der Waals surface area contributed by atoms with Gasteiger partial charge in [-0.15, -0.1) is 11.8 Å². The number of carbonyl (C=O) groups is 1. The Morgan fingerprint density at radius 2 is 2.60 bits per heavy atom. The fourth-order valence-corrected chi connectivity index (χ4v) is 3.35. The van der Waals surface area contributed by atoms with Crippen LogP contribution in [0.15, 0.2) is 0 Å². The third kappa shape index (κ3) is 0.889. The predicted octanol–water partition coefficient (Wildman–Crippen LogP) is 1.06. The Balaban J connectivity index is 1.99. The number of fused-ring (bicyclic) bond motifs is 1. The molecule has 2 aliphatic rings. The molecule has 2 saturated heterocycles. The van der Waals surface area contributed by atoms with Crippen molar-refractivity contribution in [2.45, 2.75) is 17.0 Å². The number of amides is 1. The van der Waals surface area contributed by atoms with Gasteiger partial charge in [-0.1, -0.05) is 15.9 Å². The fraction of sp³-hybridized carbons (Fsp3) is 0.833. The van der Waals surface area contributed by atoms with Crippen molar-refractivity contribution in [1.29, 1.82) is 0 Å². The molecule has 0 bridgehead atoms. The number of hydrogen-bond donors (Lipinski definition) is 0. The molecule has 0 N–H and O–H groups in total. The van der Waals surface area contributed by atoms with Crippen LogP contribution in [0, 0.1) is 0 Å². The zero-order valence-corrected chi connectivity index (χ0v) is 7.82. The molecule has 2 nitrogen and oxygen atoms in total. The summed E-state index contributed by atoms with van der Waals surface area (Å²) in [5, 5.41) is 2.17. The van der Waals surface area contributed by atoms with E-state index in [2.05, 4.69) is 15.9 Å². The molecule has 2 fully saturated rings. The van der Waals surface area contributed by atoms with Crippen LogP contribution >= 0.6 is 27.7 Å². The summed E-state index contributed by atoms with van der Waals surface area (Å²) < 4.78 is 0. The summed E-state index contributed by atoms with van der Waals surface area (Å²) in [6, 6.07) is 0. The maximum Gasteiger partial charge on any atom is 0.226 e. The van der Waals surface area contributed by atoms with E-state index < -0.39 is 0 Å². The minimum Gasteiger partial charge on any atom is -0.329 e. The number of β-lactam (4-membered cyclic amide) rings is 1. The van der Waals surface area contributed by atoms with Crippen LogP contribution in [-0.4, -0.2) is 33.3 Å². The summed E-state index contributed by atoms with van der Waals surface area (Å²) in [5.41, 5.74) is 0. The van der Waals surface area contributed by atoms with Crippen molar-refractivity contribution >= 4 is 33.6 Å². The third-order valence-electron chi connectivity index (χ3n) is 1.94. The zero-order chi connectivity index (χ0) is 7.14. The Hall–Kier alpha value is 0.300. The SMILES string of the molecule is O=C1C[C@@H]2S[C@@H](CBr)CN12. The van der Waals surface area contributed by atoms with Crippen LogP contribution in [0.2, 0.25) is 0 Å². The molecule has 2 heterocycles. The van der Waals surface area contributed by atoms with Gasteiger partial charge in [0.05, 0.1) is 11.8 Å². The van der Waals surface area contributed by atoms with Gasteiger partial charge in [0.1, 0.15) is 0 Å². The van der Waals surface area contributed by atoms with Crippen molar-refractivity contribution in [3.8, 4) is 0 Å². The average molecular weight is 222 g/mol. The number of rotatable bonds is 1. The van der Waals surface area contributed by atoms with Gasteiger partial charge >= 0.3 is 0 Å². The molecule has 0 aromatic heterocycles. The Morgan fingerprint density at radius 3 is 3.10 bits per heavy atom. The summed E-state index contributed by atoms with van der Waals surface area (Å²) >= 11 is 5.34. The van der Waals surface area contributed by atoms with Crippen LogP contribution in [0.3, 0.4) is 0 Å². The molecule has 0 unspecified atom stereocenters. The van der Waals surface area contributed by atoms with Crippen molar-refractivity contribution in [3.05, 3.63) is 0 Å². The number of nitrogens with zero attached hydrogens (tertiary/aromatic N) is 1. The molecular weight excluding hydrogens is 214 g/mol. The van der Waals surface area contributed by atoms with Crippen LogP contribution in [0.4, 0.5) is 0 Å². The van der Waals surface area contributed by atoms with Crippen LogP contribution in [0.5, 0.6) is 0 Å². The van der Waals surface area contributed by atoms with Gasteiger partial charge < -0.3 is 4.90 Å². The topological polar surface area (TPSA) is 20.3 Å². The summed E-state index contributed by atoms with van der Waals surface area (Å²) in [7, 11) is 0. The maximum absolute atomic E-state index is 10.9. The van der Waals surface area contributed by atoms with E-state index in [0.717, 1.165) is 18.3 Å². The summed E-state index contributed by atoms with van der Waals surface area (Å²) in [4.78, 5) is 12.8. The first-order valence-corrected chi connectivity index (χ1v) is 5.38. The number of alkyl halides is 1. The fourth-order valence-electron chi connectivity index (χ4n) is 1.34. The van der Waals surface area contributed by atoms with E-state index in [-0.39, 0.29) is 0 Å². The van der Waals surface area contributed by atoms with Gasteiger partial charge in [0.25, 0.3) is 0 Å². The van der Waals surface area contributed by atoms with E-state index in [9.17, 15) is 4.79 Å². The quantitative estimate of drug-likeness (QED) is 0.488. The van der Waals surface area contributed by atoms with Gasteiger partial charge in [0, 0.05) is 17.1 Å². The Bertz CT molecular complexity index is 175. The predicted molar refractivity (Wildman–Crippen MR) is 45.3 cm³/mol. The average Bonchev–Trinajstić information content (AvgIpc) is 2.26. The molecule has 2 rings (SSSR count). The minimum absolute atomic E-state index is 0.334. The van der Waals surface area contributed by atoms with E-state index in [0.29, 0.717) is 16.5 Å². The molecule has 0 aliphatic carbocycles. The van der Waals surface area contributed by atoms with Gasteiger partial charge in [-0.3, -0.25) is 4.79 Å². The molecule has 2 aliphatic heterocycles. The van der Waals surface area contributed by atoms with Gasteiger partial charge in [0.2, 0.25) is 5.91 Å². The molecule has 56 valence electrons. The largest absolute Gasteiger partial charge is 0.329 e. The maximum atomic E-state index is 10.9. The van der Waals surface area contributed by atoms with Crippen molar-refractivity contribution in [2.75, 3.05) is 11.9 Å². The Morgan fingerprint density at radius 1 is 1.80 bits per heavy atom. The van der Waals surface area contributed by atoms with Crippen molar-refractivity contribution < 1.29 is 4.79 Å². The minimum atomic E-state index is 0.334. The monoisotopic (exact) mass is 221 g/mol. The van der Waals surface area contributed by atoms with Crippen LogP contribution in [-0.2, 0) is 4.79 Å². The normalized spacial score (nSPS) is 37.7. The zero-order valence-electron chi connectivity index (χ0n) is 5.42. The first kappa shape index (κ1) is 6.98. The van der Waals surface area contributed by atoms with Crippen molar-refractivity contribution in [3.63, 3.8) is 0 Å². The molecule has 0 spiro atoms. The van der Waals surface area contributed by atoms with Crippen LogP contribution < -0.4 is 0 Å². The molecule has 0 aromatic rings. The lowest BCUT2D eigenvalue weighted by atomic mass is 10.2. The van der Waals surface area contributed by atoms with Crippen LogP contribution in [0.25, 0.3) is 0 Å². The van der Waals surface area contributed by atoms with Crippen molar-refractivity contribution in [2.24, 2.45) is 0 Å². The third-order valence-corrected chi connectivity index (χ3v) is 4.59. The van der Waals surface area contributed by atoms with E-state index in [1.807, 2.05) is 16.7 Å². The second-order valence-electron chi connectivity index (χ2n) is 2.62. The highest BCUT2D eigenvalue weighted by atomic mass is 79.9. The second kappa shape index (κ2) is 2.41. The smallest absolute Gasteiger partial charge is 0.226 e. The number of carbonyl (C=O) groups excluding carboxylic acids is 1. The van der Waals surface area contributed by atoms with E-state index in [1.165, 1.54) is 0 Å². The molecular formula is C6H8BrNOS. The summed E-state index contributed by atoms with van der Waals surface area (Å²) in [5.74, 6) is 0.334. The summed E-state index contributed by atoms with van der Waals surface area (Å²) in [6.07, 6.45) is 0.772. The Labute approximate surface area is 72.5 Å². The molecule has 10 heavy (non-hydrogen) atoms. The number of hydrogen-bond acceptors (Lipinski definition) is 2. The standard InChI is InChI=1S/C6H8BrNOS/c7-2-4-3-8-5(9)1-6(8)10-4/h4,6H,1-3H2/t4-,6-/m0/s1.